The molecular weight excluding hydrogens is 376 g/mol. The Kier molecular flexibility index (Phi) is 7.20. The number of hydrogen-bond acceptors (Lipinski definition) is 5. The molecule has 0 fully saturated rings. The molecule has 2 aromatic rings. The normalized spacial score (nSPS) is 17.9. The summed E-state index contributed by atoms with van der Waals surface area (Å²) in [6.07, 6.45) is 3.43. The summed E-state index contributed by atoms with van der Waals surface area (Å²) in [5.74, 6) is 0. The third kappa shape index (κ3) is 5.86. The van der Waals surface area contributed by atoms with Crippen molar-refractivity contribution >= 4 is 10.0 Å². The molecule has 0 saturated heterocycles. The van der Waals surface area contributed by atoms with Crippen LogP contribution < -0.4 is 10.5 Å². The molecule has 7 heteroatoms. The van der Waals surface area contributed by atoms with Crippen LogP contribution in [-0.4, -0.2) is 39.3 Å². The van der Waals surface area contributed by atoms with Crippen LogP contribution in [0.5, 0.6) is 0 Å². The largest absolute Gasteiger partial charge is 0.389 e. The summed E-state index contributed by atoms with van der Waals surface area (Å²) in [4.78, 5) is 0.112. The molecule has 0 heterocycles. The van der Waals surface area contributed by atoms with Gasteiger partial charge in [0, 0.05) is 6.54 Å². The number of aliphatic hydroxyl groups excluding tert-OH is 1. The molecule has 1 aliphatic rings. The molecule has 0 bridgehead atoms. The van der Waals surface area contributed by atoms with Crippen LogP contribution in [0.4, 0.5) is 0 Å². The van der Waals surface area contributed by atoms with E-state index >= 15 is 0 Å². The topological polar surface area (TPSA) is 102 Å². The van der Waals surface area contributed by atoms with Gasteiger partial charge in [0.25, 0.3) is 0 Å². The van der Waals surface area contributed by atoms with Crippen molar-refractivity contribution in [3.05, 3.63) is 65.2 Å². The summed E-state index contributed by atoms with van der Waals surface area (Å²) in [6, 6.07) is 14.9. The van der Waals surface area contributed by atoms with Crippen LogP contribution in [0.1, 0.15) is 35.6 Å². The van der Waals surface area contributed by atoms with Gasteiger partial charge in [-0.05, 0) is 61.1 Å². The van der Waals surface area contributed by atoms with E-state index in [4.69, 9.17) is 9.88 Å². The first-order valence-electron chi connectivity index (χ1n) is 9.63. The molecule has 152 valence electrons. The van der Waals surface area contributed by atoms with Gasteiger partial charge in [0.2, 0.25) is 10.0 Å². The predicted molar refractivity (Wildman–Crippen MR) is 108 cm³/mol. The lowest BCUT2D eigenvalue weighted by atomic mass is 9.89. The SMILES string of the molecule is NS(=O)(=O)c1ccc(CCNC[C@H](O)CO[C@H]2CCCc3ccccc32)cc1. The summed E-state index contributed by atoms with van der Waals surface area (Å²) < 4.78 is 28.5. The molecule has 1 aliphatic carbocycles. The molecule has 0 unspecified atom stereocenters. The van der Waals surface area contributed by atoms with Gasteiger partial charge < -0.3 is 15.2 Å². The van der Waals surface area contributed by atoms with Crippen molar-refractivity contribution in [3.8, 4) is 0 Å². The Bertz CT molecular complexity index is 868. The highest BCUT2D eigenvalue weighted by Gasteiger charge is 2.21. The first-order valence-corrected chi connectivity index (χ1v) is 11.2. The lowest BCUT2D eigenvalue weighted by molar-refractivity contribution is -0.0166. The van der Waals surface area contributed by atoms with Crippen molar-refractivity contribution in [1.29, 1.82) is 0 Å². The Morgan fingerprint density at radius 3 is 2.68 bits per heavy atom. The molecule has 0 radical (unpaired) electrons. The fourth-order valence-corrected chi connectivity index (χ4v) is 4.03. The van der Waals surface area contributed by atoms with Gasteiger partial charge in [-0.1, -0.05) is 36.4 Å². The van der Waals surface area contributed by atoms with Crippen LogP contribution in [0, 0.1) is 0 Å². The molecule has 0 spiro atoms. The van der Waals surface area contributed by atoms with Crippen molar-refractivity contribution in [2.24, 2.45) is 5.14 Å². The molecule has 2 aromatic carbocycles. The number of ether oxygens (including phenoxy) is 1. The molecule has 4 N–H and O–H groups in total. The highest BCUT2D eigenvalue weighted by Crippen LogP contribution is 2.32. The molecule has 0 aromatic heterocycles. The zero-order valence-corrected chi connectivity index (χ0v) is 16.7. The van der Waals surface area contributed by atoms with Gasteiger partial charge in [0.1, 0.15) is 0 Å². The molecule has 0 aliphatic heterocycles. The summed E-state index contributed by atoms with van der Waals surface area (Å²) in [5.41, 5.74) is 3.60. The van der Waals surface area contributed by atoms with E-state index in [1.807, 2.05) is 6.07 Å². The Balaban J connectivity index is 1.37. The number of rotatable bonds is 9. The third-order valence-electron chi connectivity index (χ3n) is 5.03. The summed E-state index contributed by atoms with van der Waals surface area (Å²) in [6.45, 7) is 1.43. The molecule has 3 rings (SSSR count). The van der Waals surface area contributed by atoms with Gasteiger partial charge in [0.05, 0.1) is 23.7 Å². The van der Waals surface area contributed by atoms with Crippen molar-refractivity contribution in [2.45, 2.75) is 42.8 Å². The van der Waals surface area contributed by atoms with E-state index in [1.54, 1.807) is 12.1 Å². The second-order valence-electron chi connectivity index (χ2n) is 7.21. The standard InChI is InChI=1S/C21H28N2O4S/c22-28(25,26)19-10-8-16(9-11-19)12-13-23-14-18(24)15-27-21-7-3-5-17-4-1-2-6-20(17)21/h1-2,4,6,8-11,18,21,23-24H,3,5,7,12-15H2,(H2,22,25,26)/t18-,21-/m0/s1. The highest BCUT2D eigenvalue weighted by atomic mass is 32.2. The third-order valence-corrected chi connectivity index (χ3v) is 5.96. The van der Waals surface area contributed by atoms with Gasteiger partial charge in [0.15, 0.2) is 0 Å². The number of nitrogens with two attached hydrogens (primary N) is 1. The number of fused-ring (bicyclic) bond motifs is 1. The zero-order chi connectivity index (χ0) is 20.0. The fraction of sp³-hybridized carbons (Fsp3) is 0.429. The smallest absolute Gasteiger partial charge is 0.238 e. The monoisotopic (exact) mass is 404 g/mol. The Morgan fingerprint density at radius 1 is 1.18 bits per heavy atom. The van der Waals surface area contributed by atoms with Gasteiger partial charge in [-0.3, -0.25) is 0 Å². The molecule has 0 amide bonds. The maximum atomic E-state index is 11.2. The van der Waals surface area contributed by atoms with Crippen molar-refractivity contribution in [1.82, 2.24) is 5.32 Å². The fourth-order valence-electron chi connectivity index (χ4n) is 3.52. The Labute approximate surface area is 166 Å². The van der Waals surface area contributed by atoms with Crippen molar-refractivity contribution < 1.29 is 18.3 Å². The average molecular weight is 405 g/mol. The van der Waals surface area contributed by atoms with Crippen LogP contribution in [0.25, 0.3) is 0 Å². The van der Waals surface area contributed by atoms with Crippen LogP contribution >= 0.6 is 0 Å². The van der Waals surface area contributed by atoms with E-state index in [9.17, 15) is 13.5 Å². The molecule has 2 atom stereocenters. The van der Waals surface area contributed by atoms with Crippen LogP contribution in [0.2, 0.25) is 0 Å². The minimum absolute atomic E-state index is 0.0666. The van der Waals surface area contributed by atoms with E-state index in [1.165, 1.54) is 23.3 Å². The van der Waals surface area contributed by atoms with Gasteiger partial charge >= 0.3 is 0 Å². The van der Waals surface area contributed by atoms with Gasteiger partial charge in [-0.25, -0.2) is 13.6 Å². The summed E-state index contributed by atoms with van der Waals surface area (Å²) in [5, 5.41) is 18.5. The lowest BCUT2D eigenvalue weighted by Gasteiger charge is -2.26. The van der Waals surface area contributed by atoms with E-state index in [0.29, 0.717) is 19.7 Å². The first kappa shape index (κ1) is 21.0. The van der Waals surface area contributed by atoms with Gasteiger partial charge in [-0.15, -0.1) is 0 Å². The van der Waals surface area contributed by atoms with Crippen molar-refractivity contribution in [3.63, 3.8) is 0 Å². The van der Waals surface area contributed by atoms with E-state index < -0.39 is 16.1 Å². The summed E-state index contributed by atoms with van der Waals surface area (Å²) in [7, 11) is -3.65. The molecule has 0 saturated carbocycles. The van der Waals surface area contributed by atoms with Crippen molar-refractivity contribution in [2.75, 3.05) is 19.7 Å². The lowest BCUT2D eigenvalue weighted by Crippen LogP contribution is -2.32. The number of aryl methyl sites for hydroxylation is 1. The zero-order valence-electron chi connectivity index (χ0n) is 15.9. The minimum atomic E-state index is -3.65. The second kappa shape index (κ2) is 9.62. The summed E-state index contributed by atoms with van der Waals surface area (Å²) >= 11 is 0. The first-order chi connectivity index (χ1) is 13.4. The number of nitrogens with one attached hydrogen (secondary N) is 1. The maximum Gasteiger partial charge on any atom is 0.238 e. The highest BCUT2D eigenvalue weighted by molar-refractivity contribution is 7.89. The van der Waals surface area contributed by atoms with E-state index in [2.05, 4.69) is 23.5 Å². The Morgan fingerprint density at radius 2 is 1.93 bits per heavy atom. The predicted octanol–water partition coefficient (Wildman–Crippen LogP) is 1.92. The molecule has 6 nitrogen and oxygen atoms in total. The second-order valence-corrected chi connectivity index (χ2v) is 8.77. The average Bonchev–Trinajstić information content (AvgIpc) is 2.69. The number of benzene rings is 2. The molecule has 28 heavy (non-hydrogen) atoms. The Hall–Kier alpha value is -1.77. The van der Waals surface area contributed by atoms with E-state index in [-0.39, 0.29) is 11.0 Å². The van der Waals surface area contributed by atoms with E-state index in [0.717, 1.165) is 31.2 Å². The number of sulfonamides is 1. The van der Waals surface area contributed by atoms with Crippen LogP contribution in [0.15, 0.2) is 53.4 Å². The quantitative estimate of drug-likeness (QED) is 0.554. The van der Waals surface area contributed by atoms with Gasteiger partial charge in [-0.2, -0.15) is 0 Å². The number of hydrogen-bond donors (Lipinski definition) is 3. The minimum Gasteiger partial charge on any atom is -0.389 e. The maximum absolute atomic E-state index is 11.2. The van der Waals surface area contributed by atoms with Crippen LogP contribution in [0.3, 0.4) is 0 Å². The number of primary sulfonamides is 1. The molecular formula is C21H28N2O4S. The number of aliphatic hydroxyl groups is 1. The van der Waals surface area contributed by atoms with Crippen LogP contribution in [-0.2, 0) is 27.6 Å².